The zero-order chi connectivity index (χ0) is 12.6. The van der Waals surface area contributed by atoms with Crippen molar-refractivity contribution < 1.29 is 20.1 Å². The molecule has 17 heavy (non-hydrogen) atoms. The van der Waals surface area contributed by atoms with E-state index in [1.807, 2.05) is 0 Å². The third-order valence-electron chi connectivity index (χ3n) is 2.70. The summed E-state index contributed by atoms with van der Waals surface area (Å²) in [5, 5.41) is 27.6. The quantitative estimate of drug-likeness (QED) is 0.517. The fraction of sp³-hybridized carbons (Fsp3) is 0.400. The molecule has 92 valence electrons. The van der Waals surface area contributed by atoms with Gasteiger partial charge in [-0.2, -0.15) is 0 Å². The number of pyridine rings is 1. The second kappa shape index (κ2) is 4.19. The van der Waals surface area contributed by atoms with Crippen molar-refractivity contribution in [1.82, 2.24) is 4.98 Å². The highest BCUT2D eigenvalue weighted by atomic mass is 16.4. The number of hydrogen-bond acceptors (Lipinski definition) is 6. The number of rotatable bonds is 2. The van der Waals surface area contributed by atoms with Crippen LogP contribution in [0.25, 0.3) is 0 Å². The van der Waals surface area contributed by atoms with Gasteiger partial charge in [-0.3, -0.25) is 0 Å². The first-order valence-electron chi connectivity index (χ1n) is 5.09. The third-order valence-corrected chi connectivity index (χ3v) is 2.70. The van der Waals surface area contributed by atoms with Gasteiger partial charge in [0.25, 0.3) is 0 Å². The van der Waals surface area contributed by atoms with E-state index in [0.717, 1.165) is 0 Å². The summed E-state index contributed by atoms with van der Waals surface area (Å²) in [5.41, 5.74) is 5.92. The molecular weight excluding hydrogens is 226 g/mol. The smallest absolute Gasteiger partial charge is 0.337 e. The minimum absolute atomic E-state index is 0.00606. The predicted molar refractivity (Wildman–Crippen MR) is 59.8 cm³/mol. The first-order valence-corrected chi connectivity index (χ1v) is 5.09. The van der Waals surface area contributed by atoms with E-state index in [1.54, 1.807) is 4.90 Å². The zero-order valence-electron chi connectivity index (χ0n) is 8.95. The maximum Gasteiger partial charge on any atom is 0.337 e. The number of aromatic nitrogens is 1. The van der Waals surface area contributed by atoms with Gasteiger partial charge < -0.3 is 26.0 Å². The number of anilines is 2. The molecule has 0 aromatic carbocycles. The summed E-state index contributed by atoms with van der Waals surface area (Å²) in [7, 11) is 0. The van der Waals surface area contributed by atoms with E-state index in [-0.39, 0.29) is 24.3 Å². The standard InChI is InChI=1S/C10H13N3O4/c11-6-1-5(10(16)17)2-12-9(6)13-3-7(14)8(15)4-13/h1-2,7-8,14-15H,3-4,11H2,(H,16,17). The van der Waals surface area contributed by atoms with E-state index in [1.165, 1.54) is 12.3 Å². The van der Waals surface area contributed by atoms with E-state index in [2.05, 4.69) is 4.98 Å². The summed E-state index contributed by atoms with van der Waals surface area (Å²) in [6.45, 7) is 0.454. The lowest BCUT2D eigenvalue weighted by molar-refractivity contribution is 0.0572. The number of hydrogen-bond donors (Lipinski definition) is 4. The Kier molecular flexibility index (Phi) is 2.86. The van der Waals surface area contributed by atoms with Crippen molar-refractivity contribution in [3.63, 3.8) is 0 Å². The van der Waals surface area contributed by atoms with E-state index in [9.17, 15) is 15.0 Å². The number of nitrogens with two attached hydrogens (primary N) is 1. The molecule has 7 nitrogen and oxygen atoms in total. The van der Waals surface area contributed by atoms with Gasteiger partial charge in [-0.15, -0.1) is 0 Å². The Labute approximate surface area is 97.1 Å². The maximum absolute atomic E-state index is 10.7. The number of carbonyl (C=O) groups is 1. The Morgan fingerprint density at radius 2 is 2.00 bits per heavy atom. The summed E-state index contributed by atoms with van der Waals surface area (Å²) in [6.07, 6.45) is -0.476. The molecule has 1 aromatic rings. The summed E-state index contributed by atoms with van der Waals surface area (Å²) in [5.74, 6) is -0.720. The molecule has 1 aliphatic rings. The highest BCUT2D eigenvalue weighted by Crippen LogP contribution is 2.25. The molecule has 1 aromatic heterocycles. The summed E-state index contributed by atoms with van der Waals surface area (Å²) in [6, 6.07) is 1.31. The SMILES string of the molecule is Nc1cc(C(=O)O)cnc1N1CC(O)C(O)C1. The Hall–Kier alpha value is -1.86. The summed E-state index contributed by atoms with van der Waals surface area (Å²) >= 11 is 0. The van der Waals surface area contributed by atoms with Crippen LogP contribution in [0, 0.1) is 0 Å². The minimum atomic E-state index is -1.10. The lowest BCUT2D eigenvalue weighted by atomic mass is 10.2. The third kappa shape index (κ3) is 2.15. The van der Waals surface area contributed by atoms with E-state index >= 15 is 0 Å². The Balaban J connectivity index is 2.26. The van der Waals surface area contributed by atoms with Crippen LogP contribution < -0.4 is 10.6 Å². The van der Waals surface area contributed by atoms with Gasteiger partial charge in [-0.1, -0.05) is 0 Å². The number of nitrogen functional groups attached to an aromatic ring is 1. The van der Waals surface area contributed by atoms with Crippen LogP contribution >= 0.6 is 0 Å². The molecule has 0 spiro atoms. The Bertz CT molecular complexity index is 441. The van der Waals surface area contributed by atoms with Crippen molar-refractivity contribution in [3.8, 4) is 0 Å². The number of carboxylic acid groups (broad SMARTS) is 1. The van der Waals surface area contributed by atoms with Crippen molar-refractivity contribution in [3.05, 3.63) is 17.8 Å². The Morgan fingerprint density at radius 3 is 2.47 bits per heavy atom. The number of carboxylic acids is 1. The average molecular weight is 239 g/mol. The fourth-order valence-electron chi connectivity index (χ4n) is 1.80. The van der Waals surface area contributed by atoms with Crippen LogP contribution in [0.15, 0.2) is 12.3 Å². The van der Waals surface area contributed by atoms with Gasteiger partial charge >= 0.3 is 5.97 Å². The predicted octanol–water partition coefficient (Wildman–Crippen LogP) is -1.10. The molecule has 1 fully saturated rings. The van der Waals surface area contributed by atoms with Crippen molar-refractivity contribution >= 4 is 17.5 Å². The molecule has 1 aliphatic heterocycles. The van der Waals surface area contributed by atoms with Crippen molar-refractivity contribution in [2.24, 2.45) is 0 Å². The van der Waals surface area contributed by atoms with Crippen LogP contribution in [0.5, 0.6) is 0 Å². The molecule has 0 amide bonds. The van der Waals surface area contributed by atoms with Crippen LogP contribution in [0.2, 0.25) is 0 Å². The van der Waals surface area contributed by atoms with Crippen molar-refractivity contribution in [2.45, 2.75) is 12.2 Å². The summed E-state index contributed by atoms with van der Waals surface area (Å²) in [4.78, 5) is 16.3. The highest BCUT2D eigenvalue weighted by Gasteiger charge is 2.31. The van der Waals surface area contributed by atoms with Gasteiger partial charge in [0.2, 0.25) is 0 Å². The van der Waals surface area contributed by atoms with E-state index in [4.69, 9.17) is 10.8 Å². The second-order valence-electron chi connectivity index (χ2n) is 3.98. The van der Waals surface area contributed by atoms with Crippen molar-refractivity contribution in [2.75, 3.05) is 23.7 Å². The van der Waals surface area contributed by atoms with E-state index in [0.29, 0.717) is 5.82 Å². The molecule has 0 saturated carbocycles. The van der Waals surface area contributed by atoms with Gasteiger partial charge in [0.15, 0.2) is 5.82 Å². The molecule has 0 radical (unpaired) electrons. The van der Waals surface area contributed by atoms with Crippen LogP contribution in [0.4, 0.5) is 11.5 Å². The monoisotopic (exact) mass is 239 g/mol. The first kappa shape index (κ1) is 11.6. The highest BCUT2D eigenvalue weighted by molar-refractivity contribution is 5.89. The van der Waals surface area contributed by atoms with Gasteiger partial charge in [0.05, 0.1) is 23.5 Å². The van der Waals surface area contributed by atoms with Crippen LogP contribution in [0.3, 0.4) is 0 Å². The number of aromatic carboxylic acids is 1. The largest absolute Gasteiger partial charge is 0.478 e. The first-order chi connectivity index (χ1) is 7.99. The topological polar surface area (TPSA) is 120 Å². The fourth-order valence-corrected chi connectivity index (χ4v) is 1.80. The average Bonchev–Trinajstić information content (AvgIpc) is 2.58. The van der Waals surface area contributed by atoms with Crippen LogP contribution in [-0.2, 0) is 0 Å². The van der Waals surface area contributed by atoms with Gasteiger partial charge in [0, 0.05) is 19.3 Å². The zero-order valence-corrected chi connectivity index (χ0v) is 8.95. The number of nitrogens with zero attached hydrogens (tertiary/aromatic N) is 2. The van der Waals surface area contributed by atoms with Crippen LogP contribution in [0.1, 0.15) is 10.4 Å². The van der Waals surface area contributed by atoms with Crippen LogP contribution in [-0.4, -0.2) is 51.6 Å². The maximum atomic E-state index is 10.7. The molecule has 1 saturated heterocycles. The number of aliphatic hydroxyl groups excluding tert-OH is 2. The molecule has 5 N–H and O–H groups in total. The van der Waals surface area contributed by atoms with Crippen molar-refractivity contribution in [1.29, 1.82) is 0 Å². The molecule has 2 unspecified atom stereocenters. The number of β-amino-alcohol motifs (C(OH)–C–C–N with tert-alkyl or cyclic N) is 2. The molecule has 0 bridgehead atoms. The second-order valence-corrected chi connectivity index (χ2v) is 3.98. The molecule has 2 atom stereocenters. The molecule has 0 aliphatic carbocycles. The molecule has 2 heterocycles. The molecule has 7 heteroatoms. The lowest BCUT2D eigenvalue weighted by Gasteiger charge is -2.18. The lowest BCUT2D eigenvalue weighted by Crippen LogP contribution is -2.23. The molecule has 2 rings (SSSR count). The van der Waals surface area contributed by atoms with Gasteiger partial charge in [0.1, 0.15) is 0 Å². The normalized spacial score (nSPS) is 24.0. The Morgan fingerprint density at radius 1 is 1.41 bits per heavy atom. The minimum Gasteiger partial charge on any atom is -0.478 e. The van der Waals surface area contributed by atoms with E-state index < -0.39 is 18.2 Å². The summed E-state index contributed by atoms with van der Waals surface area (Å²) < 4.78 is 0. The van der Waals surface area contributed by atoms with Gasteiger partial charge in [-0.25, -0.2) is 9.78 Å². The number of aliphatic hydroxyl groups is 2. The van der Waals surface area contributed by atoms with Gasteiger partial charge in [-0.05, 0) is 6.07 Å². The molecular formula is C10H13N3O4.